The van der Waals surface area contributed by atoms with Gasteiger partial charge in [-0.25, -0.2) is 0 Å². The van der Waals surface area contributed by atoms with Gasteiger partial charge in [0.1, 0.15) is 6.04 Å². The van der Waals surface area contributed by atoms with Crippen molar-refractivity contribution in [2.45, 2.75) is 52.6 Å². The average Bonchev–Trinajstić information content (AvgIpc) is 2.64. The van der Waals surface area contributed by atoms with Gasteiger partial charge in [-0.2, -0.15) is 4.98 Å². The van der Waals surface area contributed by atoms with E-state index in [9.17, 15) is 4.79 Å². The number of rotatable bonds is 5. The summed E-state index contributed by atoms with van der Waals surface area (Å²) >= 11 is 0. The van der Waals surface area contributed by atoms with E-state index < -0.39 is 12.0 Å². The van der Waals surface area contributed by atoms with E-state index in [1.807, 2.05) is 34.6 Å². The molecule has 6 heteroatoms. The lowest BCUT2D eigenvalue weighted by Crippen LogP contribution is -2.40. The number of carbonyl (C=O) groups is 1. The van der Waals surface area contributed by atoms with Crippen LogP contribution in [-0.4, -0.2) is 27.3 Å². The van der Waals surface area contributed by atoms with E-state index in [2.05, 4.69) is 15.5 Å². The van der Waals surface area contributed by atoms with E-state index in [1.165, 1.54) is 0 Å². The van der Waals surface area contributed by atoms with Crippen LogP contribution in [0, 0.1) is 5.92 Å². The van der Waals surface area contributed by atoms with Crippen LogP contribution in [0.4, 0.5) is 0 Å². The van der Waals surface area contributed by atoms with E-state index in [-0.39, 0.29) is 17.9 Å². The fourth-order valence-corrected chi connectivity index (χ4v) is 1.44. The summed E-state index contributed by atoms with van der Waals surface area (Å²) in [5.41, 5.74) is -0.175. The van der Waals surface area contributed by atoms with Gasteiger partial charge in [0.2, 0.25) is 5.89 Å². The molecule has 2 N–H and O–H groups in total. The van der Waals surface area contributed by atoms with Crippen LogP contribution < -0.4 is 5.32 Å². The minimum atomic E-state index is -0.874. The molecule has 1 heterocycles. The second-order valence-corrected chi connectivity index (χ2v) is 5.70. The van der Waals surface area contributed by atoms with Gasteiger partial charge in [0.15, 0.2) is 5.82 Å². The lowest BCUT2D eigenvalue weighted by molar-refractivity contribution is -0.140. The lowest BCUT2D eigenvalue weighted by Gasteiger charge is -2.16. The van der Waals surface area contributed by atoms with Gasteiger partial charge in [-0.15, -0.1) is 0 Å². The molecule has 0 aliphatic carbocycles. The quantitative estimate of drug-likeness (QED) is 0.830. The Morgan fingerprint density at radius 1 is 1.44 bits per heavy atom. The highest BCUT2D eigenvalue weighted by Gasteiger charge is 2.23. The Balaban J connectivity index is 2.63. The zero-order chi connectivity index (χ0) is 13.9. The van der Waals surface area contributed by atoms with Crippen LogP contribution in [-0.2, 0) is 16.8 Å². The number of aliphatic carboxylic acids is 1. The second-order valence-electron chi connectivity index (χ2n) is 5.70. The average molecular weight is 255 g/mol. The molecular formula is C12H21N3O3. The van der Waals surface area contributed by atoms with E-state index in [4.69, 9.17) is 9.63 Å². The zero-order valence-corrected chi connectivity index (χ0v) is 11.5. The van der Waals surface area contributed by atoms with Gasteiger partial charge in [0.05, 0.1) is 6.54 Å². The number of hydrogen-bond donors (Lipinski definition) is 2. The first-order valence-electron chi connectivity index (χ1n) is 6.01. The number of carboxylic acids is 1. The number of nitrogens with zero attached hydrogens (tertiary/aromatic N) is 2. The highest BCUT2D eigenvalue weighted by molar-refractivity contribution is 5.73. The monoisotopic (exact) mass is 255 g/mol. The summed E-state index contributed by atoms with van der Waals surface area (Å²) in [7, 11) is 0. The molecule has 0 fully saturated rings. The molecule has 1 unspecified atom stereocenters. The van der Waals surface area contributed by atoms with Crippen LogP contribution in [0.1, 0.15) is 46.3 Å². The molecule has 0 bridgehead atoms. The molecule has 0 aliphatic heterocycles. The van der Waals surface area contributed by atoms with Gasteiger partial charge in [-0.05, 0) is 5.92 Å². The highest BCUT2D eigenvalue weighted by atomic mass is 16.5. The summed E-state index contributed by atoms with van der Waals surface area (Å²) in [4.78, 5) is 15.2. The maximum atomic E-state index is 11.0. The molecule has 1 rings (SSSR count). The third-order valence-corrected chi connectivity index (χ3v) is 2.54. The Morgan fingerprint density at radius 3 is 2.44 bits per heavy atom. The van der Waals surface area contributed by atoms with Gasteiger partial charge in [0.25, 0.3) is 0 Å². The van der Waals surface area contributed by atoms with Crippen molar-refractivity contribution in [1.29, 1.82) is 0 Å². The predicted molar refractivity (Wildman–Crippen MR) is 66.1 cm³/mol. The van der Waals surface area contributed by atoms with Crippen LogP contribution in [0.25, 0.3) is 0 Å². The van der Waals surface area contributed by atoms with Crippen molar-refractivity contribution in [2.75, 3.05) is 0 Å². The molecular weight excluding hydrogens is 234 g/mol. The standard InChI is InChI=1S/C12H21N3O3/c1-7(2)9(10(16)17)13-6-8-14-11(15-18-8)12(3,4)5/h7,9,13H,6H2,1-5H3,(H,16,17). The first kappa shape index (κ1) is 14.6. The number of hydrogen-bond acceptors (Lipinski definition) is 5. The van der Waals surface area contributed by atoms with Crippen molar-refractivity contribution in [3.63, 3.8) is 0 Å². The maximum Gasteiger partial charge on any atom is 0.320 e. The third kappa shape index (κ3) is 3.80. The predicted octanol–water partition coefficient (Wildman–Crippen LogP) is 1.57. The Labute approximate surface area is 107 Å². The van der Waals surface area contributed by atoms with Crippen molar-refractivity contribution >= 4 is 5.97 Å². The summed E-state index contributed by atoms with van der Waals surface area (Å²) in [6, 6.07) is -0.616. The SMILES string of the molecule is CC(C)C(NCc1nc(C(C)(C)C)no1)C(=O)O. The van der Waals surface area contributed by atoms with Crippen LogP contribution in [0.15, 0.2) is 4.52 Å². The topological polar surface area (TPSA) is 88.3 Å². The van der Waals surface area contributed by atoms with Crippen molar-refractivity contribution in [2.24, 2.45) is 5.92 Å². The number of aromatic nitrogens is 2. The van der Waals surface area contributed by atoms with Crippen molar-refractivity contribution in [3.05, 3.63) is 11.7 Å². The van der Waals surface area contributed by atoms with Crippen molar-refractivity contribution in [3.8, 4) is 0 Å². The van der Waals surface area contributed by atoms with E-state index in [0.717, 1.165) is 0 Å². The van der Waals surface area contributed by atoms with Gasteiger partial charge in [0, 0.05) is 5.41 Å². The first-order chi connectivity index (χ1) is 8.21. The second kappa shape index (κ2) is 5.48. The van der Waals surface area contributed by atoms with E-state index in [0.29, 0.717) is 11.7 Å². The molecule has 0 aromatic carbocycles. The van der Waals surface area contributed by atoms with Gasteiger partial charge < -0.3 is 9.63 Å². The Bertz CT molecular complexity index is 407. The summed E-state index contributed by atoms with van der Waals surface area (Å²) in [6.45, 7) is 9.92. The number of nitrogens with one attached hydrogen (secondary N) is 1. The fraction of sp³-hybridized carbons (Fsp3) is 0.750. The fourth-order valence-electron chi connectivity index (χ4n) is 1.44. The van der Waals surface area contributed by atoms with Gasteiger partial charge in [-0.3, -0.25) is 10.1 Å². The molecule has 0 amide bonds. The molecule has 1 aromatic rings. The minimum absolute atomic E-state index is 0.00694. The van der Waals surface area contributed by atoms with Crippen molar-refractivity contribution in [1.82, 2.24) is 15.5 Å². The van der Waals surface area contributed by atoms with Crippen LogP contribution >= 0.6 is 0 Å². The molecule has 1 atom stereocenters. The van der Waals surface area contributed by atoms with Crippen molar-refractivity contribution < 1.29 is 14.4 Å². The Kier molecular flexibility index (Phi) is 4.45. The summed E-state index contributed by atoms with van der Waals surface area (Å²) in [5.74, 6) is 0.149. The summed E-state index contributed by atoms with van der Waals surface area (Å²) in [5, 5.41) is 15.8. The molecule has 0 radical (unpaired) electrons. The maximum absolute atomic E-state index is 11.0. The molecule has 0 aliphatic rings. The molecule has 0 saturated carbocycles. The third-order valence-electron chi connectivity index (χ3n) is 2.54. The van der Waals surface area contributed by atoms with E-state index in [1.54, 1.807) is 0 Å². The smallest absolute Gasteiger partial charge is 0.320 e. The first-order valence-corrected chi connectivity index (χ1v) is 6.01. The molecule has 102 valence electrons. The van der Waals surface area contributed by atoms with Gasteiger partial charge >= 0.3 is 5.97 Å². The van der Waals surface area contributed by atoms with Crippen LogP contribution in [0.2, 0.25) is 0 Å². The normalized spacial score (nSPS) is 13.9. The van der Waals surface area contributed by atoms with Crippen LogP contribution in [0.5, 0.6) is 0 Å². The highest BCUT2D eigenvalue weighted by Crippen LogP contribution is 2.18. The number of carboxylic acid groups (broad SMARTS) is 1. The largest absolute Gasteiger partial charge is 0.480 e. The molecule has 6 nitrogen and oxygen atoms in total. The Hall–Kier alpha value is -1.43. The lowest BCUT2D eigenvalue weighted by atomic mass is 9.96. The summed E-state index contributed by atoms with van der Waals surface area (Å²) in [6.07, 6.45) is 0. The summed E-state index contributed by atoms with van der Waals surface area (Å²) < 4.78 is 5.08. The zero-order valence-electron chi connectivity index (χ0n) is 11.5. The van der Waals surface area contributed by atoms with Gasteiger partial charge in [-0.1, -0.05) is 39.8 Å². The minimum Gasteiger partial charge on any atom is -0.480 e. The van der Waals surface area contributed by atoms with E-state index >= 15 is 0 Å². The molecule has 0 spiro atoms. The molecule has 18 heavy (non-hydrogen) atoms. The van der Waals surface area contributed by atoms with Crippen LogP contribution in [0.3, 0.4) is 0 Å². The molecule has 1 aromatic heterocycles. The molecule has 0 saturated heterocycles. The Morgan fingerprint density at radius 2 is 2.06 bits per heavy atom.